The van der Waals surface area contributed by atoms with E-state index in [1.54, 1.807) is 0 Å². The third-order valence-electron chi connectivity index (χ3n) is 2.81. The van der Waals surface area contributed by atoms with Gasteiger partial charge in [0.05, 0.1) is 17.7 Å². The van der Waals surface area contributed by atoms with Gasteiger partial charge >= 0.3 is 0 Å². The molecule has 21 heavy (non-hydrogen) atoms. The van der Waals surface area contributed by atoms with Crippen LogP contribution in [0.15, 0.2) is 16.6 Å². The van der Waals surface area contributed by atoms with Crippen molar-refractivity contribution in [2.75, 3.05) is 19.8 Å². The monoisotopic (exact) mass is 357 g/mol. The molecule has 3 nitrogen and oxygen atoms in total. The molecule has 0 saturated carbocycles. The molecule has 0 radical (unpaired) electrons. The van der Waals surface area contributed by atoms with Crippen molar-refractivity contribution in [1.29, 1.82) is 0 Å². The molecule has 4 heteroatoms. The lowest BCUT2D eigenvalue weighted by molar-refractivity contribution is 0.246. The van der Waals surface area contributed by atoms with E-state index in [4.69, 9.17) is 9.47 Å². The van der Waals surface area contributed by atoms with Crippen molar-refractivity contribution in [2.45, 2.75) is 41.2 Å². The van der Waals surface area contributed by atoms with E-state index in [1.807, 2.05) is 6.92 Å². The fraction of sp³-hybridized carbons (Fsp3) is 0.647. The van der Waals surface area contributed by atoms with Crippen LogP contribution in [0.25, 0.3) is 0 Å². The lowest BCUT2D eigenvalue weighted by atomic mass is 10.1. The molecule has 0 atom stereocenters. The number of ether oxygens (including phenoxy) is 2. The van der Waals surface area contributed by atoms with Crippen molar-refractivity contribution in [3.8, 4) is 11.5 Å². The van der Waals surface area contributed by atoms with Crippen molar-refractivity contribution in [3.05, 3.63) is 22.2 Å². The summed E-state index contributed by atoms with van der Waals surface area (Å²) in [7, 11) is 0. The second-order valence-corrected chi connectivity index (χ2v) is 6.92. The summed E-state index contributed by atoms with van der Waals surface area (Å²) in [5, 5.41) is 3.45. The number of rotatable bonds is 9. The molecule has 1 N–H and O–H groups in total. The van der Waals surface area contributed by atoms with E-state index in [-0.39, 0.29) is 0 Å². The summed E-state index contributed by atoms with van der Waals surface area (Å²) in [6.07, 6.45) is 0. The predicted octanol–water partition coefficient (Wildman–Crippen LogP) is 4.63. The molecule has 1 aromatic rings. The van der Waals surface area contributed by atoms with E-state index in [9.17, 15) is 0 Å². The molecule has 0 amide bonds. The summed E-state index contributed by atoms with van der Waals surface area (Å²) >= 11 is 3.61. The molecule has 120 valence electrons. The molecule has 0 unspecified atom stereocenters. The third kappa shape index (κ3) is 6.70. The van der Waals surface area contributed by atoms with Crippen LogP contribution in [0.2, 0.25) is 0 Å². The van der Waals surface area contributed by atoms with Gasteiger partial charge in [-0.3, -0.25) is 0 Å². The van der Waals surface area contributed by atoms with Crippen LogP contribution in [0, 0.1) is 11.8 Å². The van der Waals surface area contributed by atoms with Crippen molar-refractivity contribution in [3.63, 3.8) is 0 Å². The highest BCUT2D eigenvalue weighted by Gasteiger charge is 2.13. The standard InChI is InChI=1S/C17H28BrNO2/c1-6-20-16-8-14(10-19-9-12(2)3)7-15(18)17(16)21-11-13(4)5/h7-8,12-13,19H,6,9-11H2,1-5H3. The molecule has 0 aromatic heterocycles. The highest BCUT2D eigenvalue weighted by Crippen LogP contribution is 2.37. The summed E-state index contributed by atoms with van der Waals surface area (Å²) < 4.78 is 12.6. The molecule has 0 heterocycles. The molecule has 0 aliphatic heterocycles. The van der Waals surface area contributed by atoms with E-state index >= 15 is 0 Å². The zero-order valence-corrected chi connectivity index (χ0v) is 15.4. The topological polar surface area (TPSA) is 30.5 Å². The number of hydrogen-bond donors (Lipinski definition) is 1. The van der Waals surface area contributed by atoms with Gasteiger partial charge in [-0.1, -0.05) is 27.7 Å². The molecular formula is C17H28BrNO2. The summed E-state index contributed by atoms with van der Waals surface area (Å²) in [6.45, 7) is 13.8. The molecule has 0 fully saturated rings. The third-order valence-corrected chi connectivity index (χ3v) is 3.40. The van der Waals surface area contributed by atoms with Crippen LogP contribution >= 0.6 is 15.9 Å². The Labute approximate surface area is 137 Å². The van der Waals surface area contributed by atoms with Gasteiger partial charge in [-0.25, -0.2) is 0 Å². The van der Waals surface area contributed by atoms with Crippen molar-refractivity contribution >= 4 is 15.9 Å². The average Bonchev–Trinajstić information content (AvgIpc) is 2.37. The van der Waals surface area contributed by atoms with Crippen molar-refractivity contribution in [1.82, 2.24) is 5.32 Å². The average molecular weight is 358 g/mol. The molecule has 0 bridgehead atoms. The SMILES string of the molecule is CCOc1cc(CNCC(C)C)cc(Br)c1OCC(C)C. The molecule has 0 spiro atoms. The number of nitrogens with one attached hydrogen (secondary N) is 1. The Balaban J connectivity index is 2.84. The number of halogens is 1. The van der Waals surface area contributed by atoms with Gasteiger partial charge in [-0.05, 0) is 58.9 Å². The van der Waals surface area contributed by atoms with E-state index in [2.05, 4.69) is 61.1 Å². The Morgan fingerprint density at radius 1 is 1.10 bits per heavy atom. The van der Waals surface area contributed by atoms with Gasteiger partial charge in [0.25, 0.3) is 0 Å². The van der Waals surface area contributed by atoms with Crippen molar-refractivity contribution < 1.29 is 9.47 Å². The van der Waals surface area contributed by atoms with Gasteiger partial charge in [-0.2, -0.15) is 0 Å². The first-order chi connectivity index (χ1) is 9.93. The minimum atomic E-state index is 0.485. The smallest absolute Gasteiger partial charge is 0.175 e. The highest BCUT2D eigenvalue weighted by atomic mass is 79.9. The van der Waals surface area contributed by atoms with Gasteiger partial charge in [0.15, 0.2) is 11.5 Å². The Kier molecular flexibility index (Phi) is 8.12. The van der Waals surface area contributed by atoms with Crippen LogP contribution in [-0.2, 0) is 6.54 Å². The van der Waals surface area contributed by atoms with Crippen LogP contribution in [0.1, 0.15) is 40.2 Å². The minimum absolute atomic E-state index is 0.485. The maximum atomic E-state index is 5.89. The van der Waals surface area contributed by atoms with Crippen LogP contribution < -0.4 is 14.8 Å². The lowest BCUT2D eigenvalue weighted by Crippen LogP contribution is -2.19. The Morgan fingerprint density at radius 3 is 2.38 bits per heavy atom. The summed E-state index contributed by atoms with van der Waals surface area (Å²) in [6, 6.07) is 4.17. The second-order valence-electron chi connectivity index (χ2n) is 6.07. The lowest BCUT2D eigenvalue weighted by Gasteiger charge is -2.17. The Bertz CT molecular complexity index is 433. The largest absolute Gasteiger partial charge is 0.490 e. The maximum Gasteiger partial charge on any atom is 0.175 e. The molecule has 0 aliphatic rings. The predicted molar refractivity (Wildman–Crippen MR) is 92.2 cm³/mol. The normalized spacial score (nSPS) is 11.2. The summed E-state index contributed by atoms with van der Waals surface area (Å²) in [5.41, 5.74) is 1.20. The van der Waals surface area contributed by atoms with E-state index in [1.165, 1.54) is 5.56 Å². The van der Waals surface area contributed by atoms with Crippen LogP contribution in [-0.4, -0.2) is 19.8 Å². The minimum Gasteiger partial charge on any atom is -0.490 e. The Morgan fingerprint density at radius 2 is 1.81 bits per heavy atom. The van der Waals surface area contributed by atoms with E-state index in [0.29, 0.717) is 25.0 Å². The molecular weight excluding hydrogens is 330 g/mol. The van der Waals surface area contributed by atoms with Gasteiger partial charge < -0.3 is 14.8 Å². The van der Waals surface area contributed by atoms with E-state index in [0.717, 1.165) is 29.1 Å². The number of benzene rings is 1. The first-order valence-corrected chi connectivity index (χ1v) is 8.52. The highest BCUT2D eigenvalue weighted by molar-refractivity contribution is 9.10. The molecule has 0 saturated heterocycles. The Hall–Kier alpha value is -0.740. The zero-order valence-electron chi connectivity index (χ0n) is 13.8. The summed E-state index contributed by atoms with van der Waals surface area (Å²) in [4.78, 5) is 0. The van der Waals surface area contributed by atoms with Crippen molar-refractivity contribution in [2.24, 2.45) is 11.8 Å². The van der Waals surface area contributed by atoms with Crippen LogP contribution in [0.5, 0.6) is 11.5 Å². The van der Waals surface area contributed by atoms with E-state index < -0.39 is 0 Å². The van der Waals surface area contributed by atoms with Crippen LogP contribution in [0.3, 0.4) is 0 Å². The quantitative estimate of drug-likeness (QED) is 0.698. The second kappa shape index (κ2) is 9.31. The first-order valence-electron chi connectivity index (χ1n) is 7.72. The first kappa shape index (κ1) is 18.3. The summed E-state index contributed by atoms with van der Waals surface area (Å²) in [5.74, 6) is 2.75. The van der Waals surface area contributed by atoms with Gasteiger partial charge in [0.2, 0.25) is 0 Å². The molecule has 1 aromatic carbocycles. The number of hydrogen-bond acceptors (Lipinski definition) is 3. The van der Waals surface area contributed by atoms with Gasteiger partial charge in [0.1, 0.15) is 0 Å². The van der Waals surface area contributed by atoms with Crippen LogP contribution in [0.4, 0.5) is 0 Å². The zero-order chi connectivity index (χ0) is 15.8. The maximum absolute atomic E-state index is 5.89. The van der Waals surface area contributed by atoms with Gasteiger partial charge in [-0.15, -0.1) is 0 Å². The fourth-order valence-electron chi connectivity index (χ4n) is 1.88. The fourth-order valence-corrected chi connectivity index (χ4v) is 2.49. The van der Waals surface area contributed by atoms with Gasteiger partial charge in [0, 0.05) is 6.54 Å². The molecule has 1 rings (SSSR count). The molecule has 0 aliphatic carbocycles.